The lowest BCUT2D eigenvalue weighted by Crippen LogP contribution is -2.10. The maximum atomic E-state index is 5.69. The Bertz CT molecular complexity index is 134. The predicted molar refractivity (Wildman–Crippen MR) is 47.3 cm³/mol. The first kappa shape index (κ1) is 7.60. The molecular weight excluding hydrogens is 134 g/mol. The molecule has 1 unspecified atom stereocenters. The Morgan fingerprint density at radius 3 is 2.18 bits per heavy atom. The number of nitrogens with two attached hydrogens (primary N) is 1. The Balaban J connectivity index is 1.92. The summed E-state index contributed by atoms with van der Waals surface area (Å²) in [7, 11) is 0. The van der Waals surface area contributed by atoms with Crippen molar-refractivity contribution in [1.29, 1.82) is 0 Å². The molecule has 1 nitrogen and oxygen atoms in total. The Morgan fingerprint density at radius 1 is 1.09 bits per heavy atom. The van der Waals surface area contributed by atoms with E-state index in [9.17, 15) is 0 Å². The van der Waals surface area contributed by atoms with Crippen LogP contribution in [0.25, 0.3) is 0 Å². The fraction of sp³-hybridized carbons (Fsp3) is 1.00. The van der Waals surface area contributed by atoms with Crippen LogP contribution < -0.4 is 5.73 Å². The van der Waals surface area contributed by atoms with E-state index in [4.69, 9.17) is 5.73 Å². The summed E-state index contributed by atoms with van der Waals surface area (Å²) in [6.07, 6.45) is 10.3. The normalized spacial score (nSPS) is 35.2. The lowest BCUT2D eigenvalue weighted by Gasteiger charge is -2.12. The summed E-state index contributed by atoms with van der Waals surface area (Å²) in [5.74, 6) is 0.903. The van der Waals surface area contributed by atoms with E-state index >= 15 is 0 Å². The van der Waals surface area contributed by atoms with Crippen molar-refractivity contribution in [2.45, 2.75) is 44.9 Å². The fourth-order valence-electron chi connectivity index (χ4n) is 2.81. The largest absolute Gasteiger partial charge is 0.330 e. The summed E-state index contributed by atoms with van der Waals surface area (Å²) in [6, 6.07) is 0. The van der Waals surface area contributed by atoms with Crippen LogP contribution in [0.2, 0.25) is 0 Å². The van der Waals surface area contributed by atoms with Gasteiger partial charge in [-0.15, -0.1) is 0 Å². The zero-order chi connectivity index (χ0) is 7.73. The maximum Gasteiger partial charge on any atom is -0.00433 e. The molecule has 0 aromatic rings. The number of hydrogen-bond donors (Lipinski definition) is 1. The van der Waals surface area contributed by atoms with Gasteiger partial charge in [0.15, 0.2) is 0 Å². The Hall–Kier alpha value is -0.0400. The van der Waals surface area contributed by atoms with E-state index < -0.39 is 0 Å². The van der Waals surface area contributed by atoms with E-state index in [1.54, 1.807) is 0 Å². The van der Waals surface area contributed by atoms with Gasteiger partial charge in [-0.05, 0) is 37.1 Å². The minimum atomic E-state index is 0.755. The summed E-state index contributed by atoms with van der Waals surface area (Å²) >= 11 is 0. The summed E-state index contributed by atoms with van der Waals surface area (Å²) in [5.41, 5.74) is 6.45. The van der Waals surface area contributed by atoms with Gasteiger partial charge in [0.05, 0.1) is 0 Å². The molecule has 0 aromatic carbocycles. The molecule has 0 aliphatic heterocycles. The summed E-state index contributed by atoms with van der Waals surface area (Å²) < 4.78 is 0. The standard InChI is InChI=1S/C10H19N/c11-8-9-7-10(9)5-3-1-2-4-6-10/h9H,1-8,11H2. The average Bonchev–Trinajstić information content (AvgIpc) is 2.76. The highest BCUT2D eigenvalue weighted by Gasteiger charge is 2.51. The van der Waals surface area contributed by atoms with E-state index in [1.165, 1.54) is 44.9 Å². The third-order valence-electron chi connectivity index (χ3n) is 3.74. The molecule has 1 spiro atoms. The van der Waals surface area contributed by atoms with Crippen molar-refractivity contribution in [3.05, 3.63) is 0 Å². The predicted octanol–water partition coefficient (Wildman–Crippen LogP) is 2.31. The summed E-state index contributed by atoms with van der Waals surface area (Å²) in [6.45, 7) is 0.944. The zero-order valence-electron chi connectivity index (χ0n) is 7.31. The van der Waals surface area contributed by atoms with E-state index in [0.717, 1.165) is 17.9 Å². The van der Waals surface area contributed by atoms with Gasteiger partial charge in [0.1, 0.15) is 0 Å². The third kappa shape index (κ3) is 1.31. The minimum absolute atomic E-state index is 0.755. The van der Waals surface area contributed by atoms with Gasteiger partial charge >= 0.3 is 0 Å². The monoisotopic (exact) mass is 153 g/mol. The van der Waals surface area contributed by atoms with Crippen LogP contribution in [-0.4, -0.2) is 6.54 Å². The molecule has 2 aliphatic carbocycles. The highest BCUT2D eigenvalue weighted by molar-refractivity contribution is 5.02. The molecule has 0 saturated heterocycles. The van der Waals surface area contributed by atoms with Crippen molar-refractivity contribution in [2.75, 3.05) is 6.54 Å². The van der Waals surface area contributed by atoms with Crippen molar-refractivity contribution in [2.24, 2.45) is 17.1 Å². The van der Waals surface area contributed by atoms with E-state index in [0.29, 0.717) is 0 Å². The van der Waals surface area contributed by atoms with Crippen LogP contribution >= 0.6 is 0 Å². The van der Waals surface area contributed by atoms with Gasteiger partial charge in [-0.3, -0.25) is 0 Å². The van der Waals surface area contributed by atoms with Gasteiger partial charge < -0.3 is 5.73 Å². The van der Waals surface area contributed by atoms with E-state index in [2.05, 4.69) is 0 Å². The molecule has 0 aromatic heterocycles. The van der Waals surface area contributed by atoms with Gasteiger partial charge in [-0.25, -0.2) is 0 Å². The second kappa shape index (κ2) is 2.78. The molecule has 64 valence electrons. The first-order chi connectivity index (χ1) is 5.37. The van der Waals surface area contributed by atoms with Gasteiger partial charge in [0.25, 0.3) is 0 Å². The minimum Gasteiger partial charge on any atom is -0.330 e. The van der Waals surface area contributed by atoms with Crippen LogP contribution in [0.1, 0.15) is 44.9 Å². The highest BCUT2D eigenvalue weighted by Crippen LogP contribution is 2.59. The molecular formula is C10H19N. The molecule has 2 rings (SSSR count). The lowest BCUT2D eigenvalue weighted by atomic mass is 9.94. The quantitative estimate of drug-likeness (QED) is 0.614. The number of rotatable bonds is 1. The van der Waals surface area contributed by atoms with Gasteiger partial charge in [-0.2, -0.15) is 0 Å². The molecule has 2 aliphatic rings. The van der Waals surface area contributed by atoms with Crippen molar-refractivity contribution < 1.29 is 0 Å². The Morgan fingerprint density at radius 2 is 1.73 bits per heavy atom. The second-order valence-corrected chi connectivity index (χ2v) is 4.41. The van der Waals surface area contributed by atoms with Crippen LogP contribution in [0.5, 0.6) is 0 Å². The smallest absolute Gasteiger partial charge is 0.00433 e. The maximum absolute atomic E-state index is 5.69. The first-order valence-corrected chi connectivity index (χ1v) is 5.07. The fourth-order valence-corrected chi connectivity index (χ4v) is 2.81. The molecule has 1 atom stereocenters. The lowest BCUT2D eigenvalue weighted by molar-refractivity contribution is 0.396. The topological polar surface area (TPSA) is 26.0 Å². The molecule has 2 fully saturated rings. The second-order valence-electron chi connectivity index (χ2n) is 4.41. The van der Waals surface area contributed by atoms with Gasteiger partial charge in [-0.1, -0.05) is 25.7 Å². The number of hydrogen-bond acceptors (Lipinski definition) is 1. The summed E-state index contributed by atoms with van der Waals surface area (Å²) in [5, 5.41) is 0. The van der Waals surface area contributed by atoms with Crippen LogP contribution in [-0.2, 0) is 0 Å². The van der Waals surface area contributed by atoms with Crippen molar-refractivity contribution >= 4 is 0 Å². The van der Waals surface area contributed by atoms with Crippen molar-refractivity contribution in [1.82, 2.24) is 0 Å². The molecule has 0 amide bonds. The molecule has 0 radical (unpaired) electrons. The third-order valence-corrected chi connectivity index (χ3v) is 3.74. The van der Waals surface area contributed by atoms with Crippen LogP contribution in [0, 0.1) is 11.3 Å². The highest BCUT2D eigenvalue weighted by atomic mass is 14.7. The molecule has 2 N–H and O–H groups in total. The van der Waals surface area contributed by atoms with Crippen molar-refractivity contribution in [3.8, 4) is 0 Å². The van der Waals surface area contributed by atoms with Gasteiger partial charge in [0.2, 0.25) is 0 Å². The average molecular weight is 153 g/mol. The molecule has 1 heteroatoms. The van der Waals surface area contributed by atoms with Crippen LogP contribution in [0.15, 0.2) is 0 Å². The van der Waals surface area contributed by atoms with Crippen molar-refractivity contribution in [3.63, 3.8) is 0 Å². The Kier molecular flexibility index (Phi) is 1.92. The SMILES string of the molecule is NCC1CC12CCCCCC2. The summed E-state index contributed by atoms with van der Waals surface area (Å²) in [4.78, 5) is 0. The van der Waals surface area contributed by atoms with Gasteiger partial charge in [0, 0.05) is 0 Å². The molecule has 11 heavy (non-hydrogen) atoms. The van der Waals surface area contributed by atoms with Crippen LogP contribution in [0.3, 0.4) is 0 Å². The van der Waals surface area contributed by atoms with E-state index in [1.807, 2.05) is 0 Å². The first-order valence-electron chi connectivity index (χ1n) is 5.07. The molecule has 0 bridgehead atoms. The zero-order valence-corrected chi connectivity index (χ0v) is 7.31. The molecule has 0 heterocycles. The van der Waals surface area contributed by atoms with E-state index in [-0.39, 0.29) is 0 Å². The Labute approximate surface area is 69.4 Å². The molecule has 2 saturated carbocycles. The van der Waals surface area contributed by atoms with Crippen LogP contribution in [0.4, 0.5) is 0 Å².